The van der Waals surface area contributed by atoms with Crippen molar-refractivity contribution in [1.82, 2.24) is 5.32 Å². The van der Waals surface area contributed by atoms with Crippen molar-refractivity contribution in [1.29, 1.82) is 0 Å². The van der Waals surface area contributed by atoms with Crippen molar-refractivity contribution >= 4 is 5.91 Å². The zero-order valence-electron chi connectivity index (χ0n) is 10.8. The zero-order chi connectivity index (χ0) is 12.4. The largest absolute Gasteiger partial charge is 0.378 e. The third-order valence-corrected chi connectivity index (χ3v) is 2.49. The van der Waals surface area contributed by atoms with Gasteiger partial charge in [0.25, 0.3) is 0 Å². The van der Waals surface area contributed by atoms with Gasteiger partial charge in [-0.3, -0.25) is 4.79 Å². The lowest BCUT2D eigenvalue weighted by Gasteiger charge is -2.17. The van der Waals surface area contributed by atoms with Crippen LogP contribution in [0.4, 0.5) is 0 Å². The fourth-order valence-corrected chi connectivity index (χ4v) is 1.54. The predicted octanol–water partition coefficient (Wildman–Crippen LogP) is 1.44. The Balaban J connectivity index is 3.71. The van der Waals surface area contributed by atoms with Crippen LogP contribution in [0.3, 0.4) is 0 Å². The van der Waals surface area contributed by atoms with E-state index in [4.69, 9.17) is 10.5 Å². The van der Waals surface area contributed by atoms with Crippen LogP contribution in [0.25, 0.3) is 0 Å². The van der Waals surface area contributed by atoms with Gasteiger partial charge in [0.1, 0.15) is 0 Å². The first-order chi connectivity index (χ1) is 7.61. The van der Waals surface area contributed by atoms with Crippen LogP contribution < -0.4 is 11.1 Å². The lowest BCUT2D eigenvalue weighted by molar-refractivity contribution is -0.120. The number of rotatable bonds is 10. The number of hydrogen-bond acceptors (Lipinski definition) is 3. The predicted molar refractivity (Wildman–Crippen MR) is 66.2 cm³/mol. The fraction of sp³-hybridized carbons (Fsp3) is 0.917. The summed E-state index contributed by atoms with van der Waals surface area (Å²) in [6, 6.07) is -0.256. The van der Waals surface area contributed by atoms with E-state index in [0.29, 0.717) is 13.0 Å². The molecule has 16 heavy (non-hydrogen) atoms. The van der Waals surface area contributed by atoms with E-state index >= 15 is 0 Å². The molecule has 0 aliphatic carbocycles. The molecule has 0 fully saturated rings. The van der Waals surface area contributed by atoms with Gasteiger partial charge in [0.05, 0.1) is 12.1 Å². The molecule has 0 aliphatic heterocycles. The molecule has 0 spiro atoms. The van der Waals surface area contributed by atoms with E-state index in [-0.39, 0.29) is 18.1 Å². The van der Waals surface area contributed by atoms with Crippen LogP contribution in [-0.2, 0) is 9.53 Å². The standard InChI is InChI=1S/C12H26N2O2/c1-4-6-10(3)16-9-7-11(12(13)15)14-8-5-2/h10-11,14H,4-9H2,1-3H3,(H2,13,15). The summed E-state index contributed by atoms with van der Waals surface area (Å²) >= 11 is 0. The van der Waals surface area contributed by atoms with Gasteiger partial charge in [-0.15, -0.1) is 0 Å². The van der Waals surface area contributed by atoms with Crippen LogP contribution in [0.5, 0.6) is 0 Å². The van der Waals surface area contributed by atoms with Crippen molar-refractivity contribution in [3.63, 3.8) is 0 Å². The highest BCUT2D eigenvalue weighted by atomic mass is 16.5. The maximum atomic E-state index is 11.1. The Kier molecular flexibility index (Phi) is 9.24. The van der Waals surface area contributed by atoms with Crippen LogP contribution in [-0.4, -0.2) is 31.2 Å². The summed E-state index contributed by atoms with van der Waals surface area (Å²) in [6.45, 7) is 7.66. The van der Waals surface area contributed by atoms with Crippen molar-refractivity contribution in [2.75, 3.05) is 13.2 Å². The van der Waals surface area contributed by atoms with Crippen molar-refractivity contribution in [3.8, 4) is 0 Å². The van der Waals surface area contributed by atoms with Gasteiger partial charge < -0.3 is 15.8 Å². The molecule has 0 aromatic heterocycles. The Bertz CT molecular complexity index is 186. The number of primary amides is 1. The Morgan fingerprint density at radius 3 is 2.50 bits per heavy atom. The number of hydrogen-bond donors (Lipinski definition) is 2. The van der Waals surface area contributed by atoms with Gasteiger partial charge in [0.2, 0.25) is 5.91 Å². The number of carbonyl (C=O) groups is 1. The van der Waals surface area contributed by atoms with Crippen LogP contribution in [0, 0.1) is 0 Å². The SMILES string of the molecule is CCCNC(CCOC(C)CCC)C(N)=O. The molecule has 0 aliphatic rings. The summed E-state index contributed by atoms with van der Waals surface area (Å²) in [5, 5.41) is 3.12. The van der Waals surface area contributed by atoms with Crippen LogP contribution in [0.2, 0.25) is 0 Å². The molecule has 0 radical (unpaired) electrons. The minimum atomic E-state index is -0.291. The van der Waals surface area contributed by atoms with Crippen LogP contribution in [0.1, 0.15) is 46.5 Å². The Labute approximate surface area is 98.9 Å². The van der Waals surface area contributed by atoms with E-state index < -0.39 is 0 Å². The number of carbonyl (C=O) groups excluding carboxylic acids is 1. The van der Waals surface area contributed by atoms with Gasteiger partial charge in [0, 0.05) is 6.61 Å². The highest BCUT2D eigenvalue weighted by molar-refractivity contribution is 5.79. The molecule has 0 saturated heterocycles. The normalized spacial score (nSPS) is 14.7. The lowest BCUT2D eigenvalue weighted by Crippen LogP contribution is -2.42. The zero-order valence-corrected chi connectivity index (χ0v) is 10.8. The maximum Gasteiger partial charge on any atom is 0.234 e. The van der Waals surface area contributed by atoms with Gasteiger partial charge in [-0.25, -0.2) is 0 Å². The Hall–Kier alpha value is -0.610. The first kappa shape index (κ1) is 15.4. The van der Waals surface area contributed by atoms with E-state index in [1.54, 1.807) is 0 Å². The molecule has 2 atom stereocenters. The highest BCUT2D eigenvalue weighted by Gasteiger charge is 2.14. The second-order valence-electron chi connectivity index (χ2n) is 4.17. The molecule has 1 amide bonds. The van der Waals surface area contributed by atoms with Crippen molar-refractivity contribution in [3.05, 3.63) is 0 Å². The lowest BCUT2D eigenvalue weighted by atomic mass is 10.2. The van der Waals surface area contributed by atoms with Gasteiger partial charge in [-0.1, -0.05) is 20.3 Å². The number of ether oxygens (including phenoxy) is 1. The second-order valence-corrected chi connectivity index (χ2v) is 4.17. The molecular formula is C12H26N2O2. The molecule has 0 bridgehead atoms. The Morgan fingerprint density at radius 2 is 2.00 bits per heavy atom. The summed E-state index contributed by atoms with van der Waals surface area (Å²) < 4.78 is 5.60. The molecule has 0 rings (SSSR count). The molecule has 0 heterocycles. The average Bonchev–Trinajstić information content (AvgIpc) is 2.23. The molecular weight excluding hydrogens is 204 g/mol. The van der Waals surface area contributed by atoms with Gasteiger partial charge in [-0.05, 0) is 32.7 Å². The summed E-state index contributed by atoms with van der Waals surface area (Å²) in [5.74, 6) is -0.291. The molecule has 0 aromatic carbocycles. The van der Waals surface area contributed by atoms with E-state index in [2.05, 4.69) is 26.1 Å². The number of nitrogens with two attached hydrogens (primary N) is 1. The summed E-state index contributed by atoms with van der Waals surface area (Å²) in [6.07, 6.45) is 4.10. The molecule has 2 unspecified atom stereocenters. The molecule has 4 nitrogen and oxygen atoms in total. The monoisotopic (exact) mass is 230 g/mol. The minimum Gasteiger partial charge on any atom is -0.378 e. The van der Waals surface area contributed by atoms with E-state index in [1.807, 2.05) is 0 Å². The number of amides is 1. The summed E-state index contributed by atoms with van der Waals surface area (Å²) in [4.78, 5) is 11.1. The molecule has 96 valence electrons. The first-order valence-corrected chi connectivity index (χ1v) is 6.26. The van der Waals surface area contributed by atoms with E-state index in [1.165, 1.54) is 0 Å². The first-order valence-electron chi connectivity index (χ1n) is 6.26. The van der Waals surface area contributed by atoms with E-state index in [0.717, 1.165) is 25.8 Å². The third-order valence-electron chi connectivity index (χ3n) is 2.49. The van der Waals surface area contributed by atoms with Crippen molar-refractivity contribution in [2.45, 2.75) is 58.6 Å². The Morgan fingerprint density at radius 1 is 1.31 bits per heavy atom. The van der Waals surface area contributed by atoms with E-state index in [9.17, 15) is 4.79 Å². The third kappa shape index (κ3) is 7.65. The second kappa shape index (κ2) is 9.60. The van der Waals surface area contributed by atoms with Crippen molar-refractivity contribution in [2.24, 2.45) is 5.73 Å². The van der Waals surface area contributed by atoms with Crippen LogP contribution in [0.15, 0.2) is 0 Å². The molecule has 4 heteroatoms. The van der Waals surface area contributed by atoms with Crippen LogP contribution >= 0.6 is 0 Å². The number of nitrogens with one attached hydrogen (secondary N) is 1. The molecule has 0 aromatic rings. The fourth-order valence-electron chi connectivity index (χ4n) is 1.54. The van der Waals surface area contributed by atoms with Gasteiger partial charge >= 0.3 is 0 Å². The topological polar surface area (TPSA) is 64.3 Å². The van der Waals surface area contributed by atoms with Crippen molar-refractivity contribution < 1.29 is 9.53 Å². The summed E-state index contributed by atoms with van der Waals surface area (Å²) in [7, 11) is 0. The maximum absolute atomic E-state index is 11.1. The minimum absolute atomic E-state index is 0.256. The molecule has 0 saturated carbocycles. The quantitative estimate of drug-likeness (QED) is 0.597. The van der Waals surface area contributed by atoms with Gasteiger partial charge in [0.15, 0.2) is 0 Å². The average molecular weight is 230 g/mol. The summed E-state index contributed by atoms with van der Waals surface area (Å²) in [5.41, 5.74) is 5.30. The molecule has 3 N–H and O–H groups in total. The smallest absolute Gasteiger partial charge is 0.234 e. The highest BCUT2D eigenvalue weighted by Crippen LogP contribution is 2.02. The van der Waals surface area contributed by atoms with Gasteiger partial charge in [-0.2, -0.15) is 0 Å².